The van der Waals surface area contributed by atoms with Crippen LogP contribution in [-0.2, 0) is 10.5 Å². The summed E-state index contributed by atoms with van der Waals surface area (Å²) in [6, 6.07) is 15.5. The lowest BCUT2D eigenvalue weighted by molar-refractivity contribution is -0.0586. The number of ether oxygens (including phenoxy) is 1. The molecule has 2 aromatic carbocycles. The van der Waals surface area contributed by atoms with E-state index in [1.54, 1.807) is 0 Å². The number of nitrogens with zero attached hydrogens (tertiary/aromatic N) is 2. The van der Waals surface area contributed by atoms with Crippen LogP contribution in [0.1, 0.15) is 29.8 Å². The van der Waals surface area contributed by atoms with Crippen LogP contribution in [0, 0.1) is 0 Å². The molecule has 0 radical (unpaired) electrons. The first-order valence-corrected chi connectivity index (χ1v) is 10.1. The van der Waals surface area contributed by atoms with Gasteiger partial charge in [0.2, 0.25) is 0 Å². The first-order chi connectivity index (χ1) is 13.1. The first-order valence-electron chi connectivity index (χ1n) is 9.11. The predicted molar refractivity (Wildman–Crippen MR) is 106 cm³/mol. The SMILES string of the molecule is C[C@H]1CN(C(=O)c2ccccc2CSc2nc3ccccc3o2)C[C@H](C)O1. The molecule has 1 aliphatic rings. The van der Waals surface area contributed by atoms with Crippen molar-refractivity contribution < 1.29 is 13.9 Å². The minimum absolute atomic E-state index is 0.0546. The molecule has 0 spiro atoms. The number of carbonyl (C=O) groups excluding carboxylic acids is 1. The third-order valence-electron chi connectivity index (χ3n) is 4.58. The van der Waals surface area contributed by atoms with Gasteiger partial charge < -0.3 is 14.1 Å². The van der Waals surface area contributed by atoms with Crippen LogP contribution in [0.25, 0.3) is 11.1 Å². The fourth-order valence-corrected chi connectivity index (χ4v) is 4.26. The maximum absolute atomic E-state index is 13.1. The van der Waals surface area contributed by atoms with Gasteiger partial charge >= 0.3 is 0 Å². The average Bonchev–Trinajstić information content (AvgIpc) is 3.08. The summed E-state index contributed by atoms with van der Waals surface area (Å²) in [4.78, 5) is 19.5. The largest absolute Gasteiger partial charge is 0.431 e. The van der Waals surface area contributed by atoms with Gasteiger partial charge in [0.25, 0.3) is 11.1 Å². The van der Waals surface area contributed by atoms with Gasteiger partial charge in [0, 0.05) is 24.4 Å². The number of amides is 1. The summed E-state index contributed by atoms with van der Waals surface area (Å²) in [5.41, 5.74) is 3.35. The Bertz CT molecular complexity index is 912. The third-order valence-corrected chi connectivity index (χ3v) is 5.46. The summed E-state index contributed by atoms with van der Waals surface area (Å²) in [5, 5.41) is 0.618. The van der Waals surface area contributed by atoms with Crippen LogP contribution in [0.15, 0.2) is 58.2 Å². The van der Waals surface area contributed by atoms with Gasteiger partial charge in [-0.1, -0.05) is 42.1 Å². The maximum Gasteiger partial charge on any atom is 0.257 e. The lowest BCUT2D eigenvalue weighted by atomic mass is 10.1. The Labute approximate surface area is 162 Å². The number of rotatable bonds is 4. The van der Waals surface area contributed by atoms with Crippen LogP contribution < -0.4 is 0 Å². The molecule has 0 saturated carbocycles. The summed E-state index contributed by atoms with van der Waals surface area (Å²) in [7, 11) is 0. The number of fused-ring (bicyclic) bond motifs is 1. The van der Waals surface area contributed by atoms with E-state index in [0.29, 0.717) is 24.1 Å². The standard InChI is InChI=1S/C21H22N2O3S/c1-14-11-23(12-15(2)25-14)20(24)17-8-4-3-7-16(17)13-27-21-22-18-9-5-6-10-19(18)26-21/h3-10,14-15H,11-13H2,1-2H3/t14-,15-/m0/s1. The number of morpholine rings is 1. The topological polar surface area (TPSA) is 55.6 Å². The molecule has 0 aliphatic carbocycles. The highest BCUT2D eigenvalue weighted by Gasteiger charge is 2.27. The number of aromatic nitrogens is 1. The summed E-state index contributed by atoms with van der Waals surface area (Å²) >= 11 is 1.51. The van der Waals surface area contributed by atoms with Crippen molar-refractivity contribution in [2.24, 2.45) is 0 Å². The summed E-state index contributed by atoms with van der Waals surface area (Å²) in [5.74, 6) is 0.690. The molecule has 0 bridgehead atoms. The second kappa shape index (κ2) is 7.74. The summed E-state index contributed by atoms with van der Waals surface area (Å²) in [6.45, 7) is 5.25. The van der Waals surface area contributed by atoms with E-state index in [1.165, 1.54) is 11.8 Å². The van der Waals surface area contributed by atoms with E-state index in [1.807, 2.05) is 67.3 Å². The van der Waals surface area contributed by atoms with E-state index in [0.717, 1.165) is 22.2 Å². The van der Waals surface area contributed by atoms with E-state index < -0.39 is 0 Å². The molecule has 1 fully saturated rings. The minimum Gasteiger partial charge on any atom is -0.431 e. The van der Waals surface area contributed by atoms with Crippen molar-refractivity contribution in [3.63, 3.8) is 0 Å². The summed E-state index contributed by atoms with van der Waals surface area (Å²) < 4.78 is 11.5. The lowest BCUT2D eigenvalue weighted by Gasteiger charge is -2.35. The van der Waals surface area contributed by atoms with Gasteiger partial charge in [-0.25, -0.2) is 4.98 Å². The fraction of sp³-hybridized carbons (Fsp3) is 0.333. The Balaban J connectivity index is 1.51. The highest BCUT2D eigenvalue weighted by molar-refractivity contribution is 7.98. The molecule has 1 amide bonds. The number of carbonyl (C=O) groups is 1. The number of benzene rings is 2. The molecule has 1 saturated heterocycles. The van der Waals surface area contributed by atoms with E-state index >= 15 is 0 Å². The number of hydrogen-bond acceptors (Lipinski definition) is 5. The monoisotopic (exact) mass is 382 g/mol. The number of para-hydroxylation sites is 2. The van der Waals surface area contributed by atoms with Gasteiger partial charge in [-0.05, 0) is 37.6 Å². The Kier molecular flexibility index (Phi) is 5.18. The average molecular weight is 382 g/mol. The van der Waals surface area contributed by atoms with Gasteiger partial charge in [-0.3, -0.25) is 4.79 Å². The third kappa shape index (κ3) is 4.01. The van der Waals surface area contributed by atoms with Crippen molar-refractivity contribution in [2.75, 3.05) is 13.1 Å². The molecule has 0 unspecified atom stereocenters. The molecule has 6 heteroatoms. The van der Waals surface area contributed by atoms with Gasteiger partial charge in [0.1, 0.15) is 5.52 Å². The zero-order chi connectivity index (χ0) is 18.8. The van der Waals surface area contributed by atoms with Crippen molar-refractivity contribution in [3.05, 3.63) is 59.7 Å². The molecule has 140 valence electrons. The first kappa shape index (κ1) is 18.1. The van der Waals surface area contributed by atoms with E-state index in [9.17, 15) is 4.79 Å². The van der Waals surface area contributed by atoms with E-state index in [2.05, 4.69) is 4.98 Å². The van der Waals surface area contributed by atoms with Crippen molar-refractivity contribution in [2.45, 2.75) is 37.0 Å². The van der Waals surface area contributed by atoms with Crippen LogP contribution in [0.3, 0.4) is 0 Å². The molecule has 4 rings (SSSR count). The second-order valence-corrected chi connectivity index (χ2v) is 7.79. The molecule has 3 aromatic rings. The molecule has 5 nitrogen and oxygen atoms in total. The van der Waals surface area contributed by atoms with Crippen molar-refractivity contribution in [1.29, 1.82) is 0 Å². The van der Waals surface area contributed by atoms with Crippen molar-refractivity contribution >= 4 is 28.8 Å². The van der Waals surface area contributed by atoms with Crippen molar-refractivity contribution in [1.82, 2.24) is 9.88 Å². The smallest absolute Gasteiger partial charge is 0.257 e. The lowest BCUT2D eigenvalue weighted by Crippen LogP contribution is -2.48. The van der Waals surface area contributed by atoms with Gasteiger partial charge in [-0.2, -0.15) is 0 Å². The number of hydrogen-bond donors (Lipinski definition) is 0. The van der Waals surface area contributed by atoms with Crippen LogP contribution in [0.4, 0.5) is 0 Å². The Morgan fingerprint density at radius 1 is 1.11 bits per heavy atom. The molecule has 1 aliphatic heterocycles. The highest BCUT2D eigenvalue weighted by atomic mass is 32.2. The van der Waals surface area contributed by atoms with E-state index in [-0.39, 0.29) is 18.1 Å². The zero-order valence-corrected chi connectivity index (χ0v) is 16.2. The van der Waals surface area contributed by atoms with Gasteiger partial charge in [0.05, 0.1) is 12.2 Å². The molecule has 1 aromatic heterocycles. The van der Waals surface area contributed by atoms with Crippen LogP contribution >= 0.6 is 11.8 Å². The van der Waals surface area contributed by atoms with Crippen LogP contribution in [0.2, 0.25) is 0 Å². The molecule has 2 atom stereocenters. The number of thioether (sulfide) groups is 1. The quantitative estimate of drug-likeness (QED) is 0.627. The predicted octanol–water partition coefficient (Wildman–Crippen LogP) is 4.37. The molecule has 27 heavy (non-hydrogen) atoms. The highest BCUT2D eigenvalue weighted by Crippen LogP contribution is 2.28. The molecule has 0 N–H and O–H groups in total. The minimum atomic E-state index is 0.0546. The van der Waals surface area contributed by atoms with Gasteiger partial charge in [0.15, 0.2) is 5.58 Å². The Hall–Kier alpha value is -2.31. The Morgan fingerprint density at radius 2 is 1.81 bits per heavy atom. The molecular formula is C21H22N2O3S. The maximum atomic E-state index is 13.1. The molecular weight excluding hydrogens is 360 g/mol. The Morgan fingerprint density at radius 3 is 2.59 bits per heavy atom. The fourth-order valence-electron chi connectivity index (χ4n) is 3.42. The summed E-state index contributed by atoms with van der Waals surface area (Å²) in [6.07, 6.45) is 0.109. The number of oxazole rings is 1. The normalized spacial score (nSPS) is 20.1. The van der Waals surface area contributed by atoms with Crippen LogP contribution in [0.5, 0.6) is 0 Å². The molecule has 2 heterocycles. The van der Waals surface area contributed by atoms with Crippen molar-refractivity contribution in [3.8, 4) is 0 Å². The van der Waals surface area contributed by atoms with Crippen LogP contribution in [-0.4, -0.2) is 41.1 Å². The second-order valence-electron chi connectivity index (χ2n) is 6.86. The zero-order valence-electron chi connectivity index (χ0n) is 15.4. The van der Waals surface area contributed by atoms with Gasteiger partial charge in [-0.15, -0.1) is 0 Å². The van der Waals surface area contributed by atoms with E-state index in [4.69, 9.17) is 9.15 Å².